The second kappa shape index (κ2) is 3.95. The zero-order valence-corrected chi connectivity index (χ0v) is 8.62. The van der Waals surface area contributed by atoms with Crippen molar-refractivity contribution >= 4 is 29.0 Å². The van der Waals surface area contributed by atoms with E-state index in [0.29, 0.717) is 15.6 Å². The third-order valence-electron chi connectivity index (χ3n) is 1.72. The fraction of sp³-hybridized carbons (Fsp3) is 0.100. The molecule has 0 aliphatic rings. The van der Waals surface area contributed by atoms with E-state index in [1.807, 2.05) is 0 Å². The lowest BCUT2D eigenvalue weighted by molar-refractivity contribution is 0.104. The first-order valence-electron chi connectivity index (χ1n) is 3.68. The highest BCUT2D eigenvalue weighted by molar-refractivity contribution is 6.42. The number of carbonyl (C=O) groups is 1. The van der Waals surface area contributed by atoms with Gasteiger partial charge >= 0.3 is 0 Å². The Labute approximate surface area is 87.0 Å². The van der Waals surface area contributed by atoms with Crippen molar-refractivity contribution in [2.24, 2.45) is 0 Å². The first kappa shape index (κ1) is 10.3. The summed E-state index contributed by atoms with van der Waals surface area (Å²) in [6.07, 6.45) is 1.26. The first-order chi connectivity index (χ1) is 6.06. The molecule has 0 bridgehead atoms. The molecule has 0 unspecified atom stereocenters. The molecule has 1 rings (SSSR count). The second-order valence-corrected chi connectivity index (χ2v) is 3.46. The van der Waals surface area contributed by atoms with Gasteiger partial charge in [-0.1, -0.05) is 29.8 Å². The molecule has 1 aromatic carbocycles. The van der Waals surface area contributed by atoms with Gasteiger partial charge in [-0.15, -0.1) is 0 Å². The topological polar surface area (TPSA) is 17.1 Å². The minimum atomic E-state index is -0.143. The number of hydrogen-bond donors (Lipinski definition) is 0. The van der Waals surface area contributed by atoms with Crippen LogP contribution in [0.1, 0.15) is 15.9 Å². The molecule has 0 heterocycles. The van der Waals surface area contributed by atoms with Crippen LogP contribution >= 0.6 is 23.2 Å². The van der Waals surface area contributed by atoms with Crippen molar-refractivity contribution in [3.8, 4) is 0 Å². The fourth-order valence-electron chi connectivity index (χ4n) is 1.02. The molecule has 1 aromatic rings. The van der Waals surface area contributed by atoms with Crippen molar-refractivity contribution < 1.29 is 4.79 Å². The Bertz CT molecular complexity index is 369. The van der Waals surface area contributed by atoms with Crippen LogP contribution in [0.2, 0.25) is 10.0 Å². The summed E-state index contributed by atoms with van der Waals surface area (Å²) in [6.45, 7) is 5.21. The number of allylic oxidation sites excluding steroid dienone is 1. The Hall–Kier alpha value is -0.790. The van der Waals surface area contributed by atoms with Crippen LogP contribution in [0.3, 0.4) is 0 Å². The third kappa shape index (κ3) is 2.11. The van der Waals surface area contributed by atoms with Gasteiger partial charge in [0.1, 0.15) is 0 Å². The number of hydrogen-bond acceptors (Lipinski definition) is 1. The molecule has 3 heteroatoms. The number of aryl methyl sites for hydroxylation is 1. The number of ketones is 1. The molecule has 0 aliphatic carbocycles. The molecule has 0 saturated carbocycles. The van der Waals surface area contributed by atoms with Crippen molar-refractivity contribution in [2.45, 2.75) is 6.92 Å². The quantitative estimate of drug-likeness (QED) is 0.543. The van der Waals surface area contributed by atoms with E-state index in [1.165, 1.54) is 6.08 Å². The van der Waals surface area contributed by atoms with Gasteiger partial charge in [-0.05, 0) is 30.7 Å². The number of benzene rings is 1. The van der Waals surface area contributed by atoms with Crippen LogP contribution in [0.5, 0.6) is 0 Å². The summed E-state index contributed by atoms with van der Waals surface area (Å²) in [6, 6.07) is 3.23. The molecule has 13 heavy (non-hydrogen) atoms. The Morgan fingerprint density at radius 1 is 1.38 bits per heavy atom. The lowest BCUT2D eigenvalue weighted by Gasteiger charge is -2.03. The monoisotopic (exact) mass is 214 g/mol. The lowest BCUT2D eigenvalue weighted by atomic mass is 10.1. The SMILES string of the molecule is C=CC(=O)c1cc(Cl)c(Cl)cc1C. The molecule has 0 atom stereocenters. The van der Waals surface area contributed by atoms with Gasteiger partial charge in [-0.3, -0.25) is 4.79 Å². The van der Waals surface area contributed by atoms with E-state index in [2.05, 4.69) is 6.58 Å². The van der Waals surface area contributed by atoms with Crippen molar-refractivity contribution in [3.63, 3.8) is 0 Å². The molecular formula is C10H8Cl2O. The molecule has 0 aliphatic heterocycles. The van der Waals surface area contributed by atoms with E-state index in [0.717, 1.165) is 5.56 Å². The Kier molecular flexibility index (Phi) is 3.12. The first-order valence-corrected chi connectivity index (χ1v) is 4.44. The van der Waals surface area contributed by atoms with Gasteiger partial charge < -0.3 is 0 Å². The summed E-state index contributed by atoms with van der Waals surface area (Å²) < 4.78 is 0. The summed E-state index contributed by atoms with van der Waals surface area (Å²) >= 11 is 11.5. The van der Waals surface area contributed by atoms with Crippen molar-refractivity contribution in [3.05, 3.63) is 46.0 Å². The molecule has 0 fully saturated rings. The average molecular weight is 215 g/mol. The summed E-state index contributed by atoms with van der Waals surface area (Å²) in [5.74, 6) is -0.143. The maximum atomic E-state index is 11.3. The minimum absolute atomic E-state index is 0.143. The van der Waals surface area contributed by atoms with Crippen LogP contribution in [-0.2, 0) is 0 Å². The highest BCUT2D eigenvalue weighted by atomic mass is 35.5. The maximum Gasteiger partial charge on any atom is 0.185 e. The second-order valence-electron chi connectivity index (χ2n) is 2.65. The van der Waals surface area contributed by atoms with Crippen LogP contribution in [0.15, 0.2) is 24.8 Å². The number of carbonyl (C=O) groups excluding carboxylic acids is 1. The summed E-state index contributed by atoms with van der Waals surface area (Å²) in [4.78, 5) is 11.3. The Morgan fingerprint density at radius 3 is 2.46 bits per heavy atom. The molecule has 1 nitrogen and oxygen atoms in total. The standard InChI is InChI=1S/C10H8Cl2O/c1-3-10(13)7-5-9(12)8(11)4-6(7)2/h3-5H,1H2,2H3. The summed E-state index contributed by atoms with van der Waals surface area (Å²) in [5, 5.41) is 0.845. The molecule has 0 N–H and O–H groups in total. The Morgan fingerprint density at radius 2 is 1.92 bits per heavy atom. The van der Waals surface area contributed by atoms with Gasteiger partial charge in [0.25, 0.3) is 0 Å². The normalized spacial score (nSPS) is 9.77. The van der Waals surface area contributed by atoms with Gasteiger partial charge in [0.2, 0.25) is 0 Å². The van der Waals surface area contributed by atoms with Gasteiger partial charge in [-0.2, -0.15) is 0 Å². The summed E-state index contributed by atoms with van der Waals surface area (Å²) in [5.41, 5.74) is 1.35. The predicted octanol–water partition coefficient (Wildman–Crippen LogP) is 3.67. The van der Waals surface area contributed by atoms with Crippen molar-refractivity contribution in [1.82, 2.24) is 0 Å². The van der Waals surface area contributed by atoms with Gasteiger partial charge in [-0.25, -0.2) is 0 Å². The lowest BCUT2D eigenvalue weighted by Crippen LogP contribution is -1.97. The third-order valence-corrected chi connectivity index (χ3v) is 2.44. The van der Waals surface area contributed by atoms with Crippen molar-refractivity contribution in [1.29, 1.82) is 0 Å². The van der Waals surface area contributed by atoms with Crippen LogP contribution < -0.4 is 0 Å². The molecule has 0 aromatic heterocycles. The van der Waals surface area contributed by atoms with E-state index in [4.69, 9.17) is 23.2 Å². The van der Waals surface area contributed by atoms with Crippen LogP contribution in [0, 0.1) is 6.92 Å². The van der Waals surface area contributed by atoms with E-state index in [9.17, 15) is 4.79 Å². The fourth-order valence-corrected chi connectivity index (χ4v) is 1.40. The average Bonchev–Trinajstić information content (AvgIpc) is 2.10. The van der Waals surface area contributed by atoms with E-state index >= 15 is 0 Å². The molecule has 0 spiro atoms. The van der Waals surface area contributed by atoms with Crippen LogP contribution in [0.4, 0.5) is 0 Å². The Balaban J connectivity index is 3.31. The molecule has 0 amide bonds. The molecule has 0 saturated heterocycles. The van der Waals surface area contributed by atoms with Crippen LogP contribution in [-0.4, -0.2) is 5.78 Å². The van der Waals surface area contributed by atoms with Gasteiger partial charge in [0.15, 0.2) is 5.78 Å². The largest absolute Gasteiger partial charge is 0.289 e. The minimum Gasteiger partial charge on any atom is -0.289 e. The van der Waals surface area contributed by atoms with Gasteiger partial charge in [0, 0.05) is 5.56 Å². The van der Waals surface area contributed by atoms with E-state index in [-0.39, 0.29) is 5.78 Å². The molecule has 68 valence electrons. The van der Waals surface area contributed by atoms with Gasteiger partial charge in [0.05, 0.1) is 10.0 Å². The van der Waals surface area contributed by atoms with E-state index < -0.39 is 0 Å². The highest BCUT2D eigenvalue weighted by Crippen LogP contribution is 2.25. The zero-order chi connectivity index (χ0) is 10.0. The smallest absolute Gasteiger partial charge is 0.185 e. The van der Waals surface area contributed by atoms with Crippen LogP contribution in [0.25, 0.3) is 0 Å². The van der Waals surface area contributed by atoms with Crippen molar-refractivity contribution in [2.75, 3.05) is 0 Å². The zero-order valence-electron chi connectivity index (χ0n) is 7.10. The van der Waals surface area contributed by atoms with E-state index in [1.54, 1.807) is 19.1 Å². The highest BCUT2D eigenvalue weighted by Gasteiger charge is 2.08. The molecule has 0 radical (unpaired) electrons. The molecular weight excluding hydrogens is 207 g/mol. The predicted molar refractivity (Wildman–Crippen MR) is 55.7 cm³/mol. The number of halogens is 2. The summed E-state index contributed by atoms with van der Waals surface area (Å²) in [7, 11) is 0. The number of rotatable bonds is 2. The maximum absolute atomic E-state index is 11.3.